The summed E-state index contributed by atoms with van der Waals surface area (Å²) in [6, 6.07) is 12.9. The van der Waals surface area contributed by atoms with Crippen LogP contribution in [0.2, 0.25) is 0 Å². The number of carbonyl (C=O) groups excluding carboxylic acids is 1. The molecule has 21 heavy (non-hydrogen) atoms. The zero-order valence-electron chi connectivity index (χ0n) is 11.3. The Bertz CT molecular complexity index is 667. The largest absolute Gasteiger partial charge is 0.493 e. The Kier molecular flexibility index (Phi) is 3.84. The first-order valence-corrected chi connectivity index (χ1v) is 7.51. The number of amides is 1. The predicted octanol–water partition coefficient (Wildman–Crippen LogP) is 3.28. The van der Waals surface area contributed by atoms with Crippen molar-refractivity contribution in [2.75, 3.05) is 12.3 Å². The number of halogens is 1. The molecule has 5 heteroatoms. The highest BCUT2D eigenvalue weighted by atomic mass is 79.9. The zero-order chi connectivity index (χ0) is 14.8. The van der Waals surface area contributed by atoms with Gasteiger partial charge >= 0.3 is 0 Å². The third-order valence-electron chi connectivity index (χ3n) is 3.45. The lowest BCUT2D eigenvalue weighted by Gasteiger charge is -2.26. The lowest BCUT2D eigenvalue weighted by molar-refractivity contribution is 0.0925. The minimum absolute atomic E-state index is 0.0392. The minimum Gasteiger partial charge on any atom is -0.493 e. The quantitative estimate of drug-likeness (QED) is 0.820. The van der Waals surface area contributed by atoms with Gasteiger partial charge < -0.3 is 15.8 Å². The van der Waals surface area contributed by atoms with Gasteiger partial charge in [-0.05, 0) is 24.3 Å². The molecule has 0 radical (unpaired) electrons. The lowest BCUT2D eigenvalue weighted by Crippen LogP contribution is -2.32. The summed E-state index contributed by atoms with van der Waals surface area (Å²) < 4.78 is 6.39. The maximum atomic E-state index is 12.4. The van der Waals surface area contributed by atoms with E-state index >= 15 is 0 Å². The van der Waals surface area contributed by atoms with E-state index in [9.17, 15) is 4.79 Å². The monoisotopic (exact) mass is 346 g/mol. The van der Waals surface area contributed by atoms with Crippen molar-refractivity contribution in [1.29, 1.82) is 0 Å². The first-order valence-electron chi connectivity index (χ1n) is 6.72. The summed E-state index contributed by atoms with van der Waals surface area (Å²) >= 11 is 3.35. The highest BCUT2D eigenvalue weighted by molar-refractivity contribution is 9.10. The van der Waals surface area contributed by atoms with E-state index in [-0.39, 0.29) is 11.9 Å². The molecule has 1 aliphatic heterocycles. The zero-order valence-corrected chi connectivity index (χ0v) is 12.9. The van der Waals surface area contributed by atoms with Crippen LogP contribution in [0.1, 0.15) is 28.4 Å². The Morgan fingerprint density at radius 3 is 2.90 bits per heavy atom. The molecular weight excluding hydrogens is 332 g/mol. The fraction of sp³-hybridized carbons (Fsp3) is 0.188. The van der Waals surface area contributed by atoms with Gasteiger partial charge in [0.1, 0.15) is 5.75 Å². The summed E-state index contributed by atoms with van der Waals surface area (Å²) in [5.74, 6) is 0.701. The predicted molar refractivity (Wildman–Crippen MR) is 85.3 cm³/mol. The van der Waals surface area contributed by atoms with Crippen LogP contribution < -0.4 is 15.8 Å². The number of nitrogen functional groups attached to an aromatic ring is 1. The first kappa shape index (κ1) is 13.9. The van der Waals surface area contributed by atoms with E-state index in [1.54, 1.807) is 18.2 Å². The van der Waals surface area contributed by atoms with Crippen LogP contribution in [0.5, 0.6) is 5.75 Å². The Morgan fingerprint density at radius 2 is 2.10 bits per heavy atom. The number of anilines is 1. The lowest BCUT2D eigenvalue weighted by atomic mass is 10.00. The molecule has 1 atom stereocenters. The SMILES string of the molecule is Nc1cc(Br)cc(C(=O)NC2CCOc3ccccc32)c1. The number of benzene rings is 2. The summed E-state index contributed by atoms with van der Waals surface area (Å²) in [6.07, 6.45) is 0.756. The van der Waals surface area contributed by atoms with E-state index in [1.807, 2.05) is 24.3 Å². The number of nitrogens with one attached hydrogen (secondary N) is 1. The average molecular weight is 347 g/mol. The standard InChI is InChI=1S/C16H15BrN2O2/c17-11-7-10(8-12(18)9-11)16(20)19-14-5-6-21-15-4-2-1-3-13(14)15/h1-4,7-9,14H,5-6,18H2,(H,19,20). The fourth-order valence-corrected chi connectivity index (χ4v) is 2.99. The van der Waals surface area contributed by atoms with Crippen molar-refractivity contribution in [2.45, 2.75) is 12.5 Å². The van der Waals surface area contributed by atoms with Crippen molar-refractivity contribution in [1.82, 2.24) is 5.32 Å². The van der Waals surface area contributed by atoms with Crippen LogP contribution in [0.4, 0.5) is 5.69 Å². The molecule has 0 spiro atoms. The molecule has 1 unspecified atom stereocenters. The van der Waals surface area contributed by atoms with Crippen LogP contribution in [-0.4, -0.2) is 12.5 Å². The molecule has 0 bridgehead atoms. The second-order valence-corrected chi connectivity index (χ2v) is 5.89. The van der Waals surface area contributed by atoms with E-state index < -0.39 is 0 Å². The molecule has 1 amide bonds. The molecule has 1 aliphatic rings. The van der Waals surface area contributed by atoms with Crippen molar-refractivity contribution in [3.63, 3.8) is 0 Å². The maximum absolute atomic E-state index is 12.4. The molecule has 3 N–H and O–H groups in total. The van der Waals surface area contributed by atoms with Crippen LogP contribution in [0.25, 0.3) is 0 Å². The van der Waals surface area contributed by atoms with Gasteiger partial charge in [0.05, 0.1) is 12.6 Å². The number of carbonyl (C=O) groups is 1. The Morgan fingerprint density at radius 1 is 1.29 bits per heavy atom. The van der Waals surface area contributed by atoms with Gasteiger partial charge in [0.15, 0.2) is 0 Å². The topological polar surface area (TPSA) is 64.4 Å². The number of rotatable bonds is 2. The molecule has 1 heterocycles. The van der Waals surface area contributed by atoms with E-state index in [0.29, 0.717) is 17.9 Å². The highest BCUT2D eigenvalue weighted by Gasteiger charge is 2.23. The second kappa shape index (κ2) is 5.77. The van der Waals surface area contributed by atoms with Gasteiger partial charge in [-0.2, -0.15) is 0 Å². The average Bonchev–Trinajstić information content (AvgIpc) is 2.46. The van der Waals surface area contributed by atoms with Gasteiger partial charge in [-0.15, -0.1) is 0 Å². The summed E-state index contributed by atoms with van der Waals surface area (Å²) in [5.41, 5.74) is 7.90. The van der Waals surface area contributed by atoms with Crippen molar-refractivity contribution >= 4 is 27.5 Å². The number of ether oxygens (including phenoxy) is 1. The molecule has 0 aromatic heterocycles. The summed E-state index contributed by atoms with van der Waals surface area (Å²) in [5, 5.41) is 3.05. The van der Waals surface area contributed by atoms with E-state index in [1.165, 1.54) is 0 Å². The smallest absolute Gasteiger partial charge is 0.251 e. The second-order valence-electron chi connectivity index (χ2n) is 4.97. The molecule has 4 nitrogen and oxygen atoms in total. The van der Waals surface area contributed by atoms with E-state index in [2.05, 4.69) is 21.2 Å². The first-order chi connectivity index (χ1) is 10.1. The number of hydrogen-bond donors (Lipinski definition) is 2. The fourth-order valence-electron chi connectivity index (χ4n) is 2.48. The molecule has 0 saturated carbocycles. The van der Waals surface area contributed by atoms with E-state index in [0.717, 1.165) is 22.2 Å². The number of fused-ring (bicyclic) bond motifs is 1. The Hall–Kier alpha value is -2.01. The highest BCUT2D eigenvalue weighted by Crippen LogP contribution is 2.31. The molecule has 0 saturated heterocycles. The van der Waals surface area contributed by atoms with Crippen LogP contribution >= 0.6 is 15.9 Å². The van der Waals surface area contributed by atoms with Crippen molar-refractivity contribution in [3.8, 4) is 5.75 Å². The molecule has 2 aromatic rings. The molecule has 2 aromatic carbocycles. The summed E-state index contributed by atoms with van der Waals surface area (Å²) in [6.45, 7) is 0.600. The van der Waals surface area contributed by atoms with Gasteiger partial charge in [0.25, 0.3) is 5.91 Å². The number of nitrogens with two attached hydrogens (primary N) is 1. The third-order valence-corrected chi connectivity index (χ3v) is 3.90. The van der Waals surface area contributed by atoms with Crippen molar-refractivity contribution < 1.29 is 9.53 Å². The Balaban J connectivity index is 1.82. The minimum atomic E-state index is -0.135. The summed E-state index contributed by atoms with van der Waals surface area (Å²) in [4.78, 5) is 12.4. The molecule has 108 valence electrons. The van der Waals surface area contributed by atoms with Crippen LogP contribution in [0.15, 0.2) is 46.9 Å². The Labute approximate surface area is 131 Å². The van der Waals surface area contributed by atoms with E-state index in [4.69, 9.17) is 10.5 Å². The number of hydrogen-bond acceptors (Lipinski definition) is 3. The van der Waals surface area contributed by atoms with Crippen LogP contribution in [0, 0.1) is 0 Å². The molecule has 0 aliphatic carbocycles. The molecular formula is C16H15BrN2O2. The van der Waals surface area contributed by atoms with Gasteiger partial charge in [-0.1, -0.05) is 34.1 Å². The van der Waals surface area contributed by atoms with Gasteiger partial charge in [-0.3, -0.25) is 4.79 Å². The van der Waals surface area contributed by atoms with Gasteiger partial charge in [0, 0.05) is 27.7 Å². The van der Waals surface area contributed by atoms with Crippen molar-refractivity contribution in [2.24, 2.45) is 0 Å². The molecule has 3 rings (SSSR count). The maximum Gasteiger partial charge on any atom is 0.251 e. The van der Waals surface area contributed by atoms with Gasteiger partial charge in [0.2, 0.25) is 0 Å². The van der Waals surface area contributed by atoms with Crippen LogP contribution in [0.3, 0.4) is 0 Å². The van der Waals surface area contributed by atoms with Crippen molar-refractivity contribution in [3.05, 3.63) is 58.1 Å². The third kappa shape index (κ3) is 3.03. The van der Waals surface area contributed by atoms with Gasteiger partial charge in [-0.25, -0.2) is 0 Å². The van der Waals surface area contributed by atoms with Crippen LogP contribution in [-0.2, 0) is 0 Å². The normalized spacial score (nSPS) is 16.7. The summed E-state index contributed by atoms with van der Waals surface area (Å²) in [7, 11) is 0. The molecule has 0 fully saturated rings. The number of para-hydroxylation sites is 1.